The lowest BCUT2D eigenvalue weighted by Crippen LogP contribution is -2.45. The van der Waals surface area contributed by atoms with Gasteiger partial charge in [0.05, 0.1) is 11.9 Å². The number of nitrogen functional groups attached to an aromatic ring is 1. The first-order valence-electron chi connectivity index (χ1n) is 8.32. The van der Waals surface area contributed by atoms with Crippen LogP contribution in [0.5, 0.6) is 0 Å². The van der Waals surface area contributed by atoms with Crippen LogP contribution in [-0.4, -0.2) is 42.9 Å². The van der Waals surface area contributed by atoms with E-state index in [4.69, 9.17) is 5.73 Å². The number of nitrogens with two attached hydrogens (primary N) is 1. The molecule has 1 aliphatic heterocycles. The molecule has 2 aromatic rings. The van der Waals surface area contributed by atoms with Crippen molar-refractivity contribution in [1.82, 2.24) is 24.4 Å². The second kappa shape index (κ2) is 7.30. The maximum Gasteiger partial charge on any atom is 0.434 e. The summed E-state index contributed by atoms with van der Waals surface area (Å²) >= 11 is 0. The Morgan fingerprint density at radius 2 is 2.15 bits per heavy atom. The minimum absolute atomic E-state index is 0.141. The first-order chi connectivity index (χ1) is 12.4. The van der Waals surface area contributed by atoms with Gasteiger partial charge in [-0.25, -0.2) is 15.0 Å². The third-order valence-corrected chi connectivity index (χ3v) is 4.47. The molecular weight excluding hydrogens is 349 g/mol. The van der Waals surface area contributed by atoms with E-state index >= 15 is 0 Å². The Morgan fingerprint density at radius 1 is 1.35 bits per heavy atom. The number of imidazole rings is 1. The Hall–Kier alpha value is -2.65. The average molecular weight is 368 g/mol. The molecule has 1 atom stereocenters. The summed E-state index contributed by atoms with van der Waals surface area (Å²) < 4.78 is 41.7. The first kappa shape index (κ1) is 18.2. The molecule has 0 spiro atoms. The Morgan fingerprint density at radius 3 is 2.85 bits per heavy atom. The quantitative estimate of drug-likeness (QED) is 0.895. The summed E-state index contributed by atoms with van der Waals surface area (Å²) in [7, 11) is 0. The van der Waals surface area contributed by atoms with Gasteiger partial charge < -0.3 is 15.2 Å². The summed E-state index contributed by atoms with van der Waals surface area (Å²) in [5, 5.41) is 0. The van der Waals surface area contributed by atoms with E-state index in [0.29, 0.717) is 19.5 Å². The van der Waals surface area contributed by atoms with Crippen LogP contribution in [-0.2, 0) is 12.7 Å². The fourth-order valence-corrected chi connectivity index (χ4v) is 3.21. The Kier molecular flexibility index (Phi) is 5.10. The van der Waals surface area contributed by atoms with E-state index in [9.17, 15) is 18.0 Å². The predicted octanol–water partition coefficient (Wildman–Crippen LogP) is 2.36. The smallest absolute Gasteiger partial charge is 0.368 e. The van der Waals surface area contributed by atoms with E-state index in [-0.39, 0.29) is 6.04 Å². The lowest BCUT2D eigenvalue weighted by atomic mass is 9.98. The van der Waals surface area contributed by atoms with Gasteiger partial charge in [-0.1, -0.05) is 0 Å². The van der Waals surface area contributed by atoms with Gasteiger partial charge in [-0.2, -0.15) is 13.2 Å². The van der Waals surface area contributed by atoms with Crippen molar-refractivity contribution in [2.24, 2.45) is 0 Å². The molecule has 26 heavy (non-hydrogen) atoms. The number of nitrogens with zero attached hydrogens (tertiary/aromatic N) is 5. The number of aryl methyl sites for hydroxylation is 1. The highest BCUT2D eigenvalue weighted by Crippen LogP contribution is 2.32. The Balaban J connectivity index is 1.82. The molecule has 1 saturated heterocycles. The van der Waals surface area contributed by atoms with Gasteiger partial charge >= 0.3 is 6.18 Å². The molecule has 7 nitrogen and oxygen atoms in total. The summed E-state index contributed by atoms with van der Waals surface area (Å²) in [5.74, 6) is -1.21. The third-order valence-electron chi connectivity index (χ3n) is 4.47. The molecule has 2 N–H and O–H groups in total. The van der Waals surface area contributed by atoms with E-state index in [1.807, 2.05) is 10.8 Å². The summed E-state index contributed by atoms with van der Waals surface area (Å²) in [6, 6.07) is -0.141. The second-order valence-corrected chi connectivity index (χ2v) is 6.23. The Labute approximate surface area is 148 Å². The number of alkyl halides is 3. The van der Waals surface area contributed by atoms with E-state index in [1.54, 1.807) is 12.5 Å². The van der Waals surface area contributed by atoms with Gasteiger partial charge in [0.15, 0.2) is 5.69 Å². The number of aromatic nitrogens is 4. The number of hydrogen-bond donors (Lipinski definition) is 1. The average Bonchev–Trinajstić information content (AvgIpc) is 3.12. The molecule has 3 rings (SSSR count). The van der Waals surface area contributed by atoms with Crippen molar-refractivity contribution < 1.29 is 18.0 Å². The van der Waals surface area contributed by atoms with E-state index < -0.39 is 29.3 Å². The lowest BCUT2D eigenvalue weighted by molar-refractivity contribution is -0.141. The minimum Gasteiger partial charge on any atom is -0.368 e. The van der Waals surface area contributed by atoms with Gasteiger partial charge in [0.25, 0.3) is 5.91 Å². The second-order valence-electron chi connectivity index (χ2n) is 6.23. The topological polar surface area (TPSA) is 89.9 Å². The molecule has 2 aromatic heterocycles. The molecule has 10 heteroatoms. The predicted molar refractivity (Wildman–Crippen MR) is 87.0 cm³/mol. The van der Waals surface area contributed by atoms with Crippen molar-refractivity contribution in [1.29, 1.82) is 0 Å². The molecule has 1 amide bonds. The molecule has 0 aliphatic carbocycles. The zero-order valence-electron chi connectivity index (χ0n) is 14.0. The van der Waals surface area contributed by atoms with Gasteiger partial charge in [0.2, 0.25) is 5.95 Å². The molecular formula is C16H19F3N6O. The first-order valence-corrected chi connectivity index (χ1v) is 8.32. The van der Waals surface area contributed by atoms with E-state index in [1.165, 1.54) is 4.90 Å². The van der Waals surface area contributed by atoms with Crippen LogP contribution >= 0.6 is 0 Å². The summed E-state index contributed by atoms with van der Waals surface area (Å²) in [4.78, 5) is 25.1. The Bertz CT molecular complexity index is 762. The van der Waals surface area contributed by atoms with Crippen molar-refractivity contribution in [2.75, 3.05) is 12.3 Å². The summed E-state index contributed by atoms with van der Waals surface area (Å²) in [5.41, 5.74) is 3.44. The summed E-state index contributed by atoms with van der Waals surface area (Å²) in [6.45, 7) is 1.05. The number of halogens is 3. The van der Waals surface area contributed by atoms with E-state index in [0.717, 1.165) is 25.5 Å². The van der Waals surface area contributed by atoms with Crippen molar-refractivity contribution in [3.63, 3.8) is 0 Å². The normalized spacial score (nSPS) is 18.1. The number of piperidine rings is 1. The zero-order valence-corrected chi connectivity index (χ0v) is 14.0. The maximum absolute atomic E-state index is 13.3. The van der Waals surface area contributed by atoms with Crippen LogP contribution in [0.4, 0.5) is 19.1 Å². The number of hydrogen-bond acceptors (Lipinski definition) is 5. The molecule has 0 radical (unpaired) electrons. The van der Waals surface area contributed by atoms with Crippen LogP contribution in [0.2, 0.25) is 0 Å². The zero-order chi connectivity index (χ0) is 18.7. The van der Waals surface area contributed by atoms with Crippen LogP contribution < -0.4 is 5.73 Å². The van der Waals surface area contributed by atoms with Crippen LogP contribution in [0.15, 0.2) is 24.9 Å². The number of anilines is 1. The highest BCUT2D eigenvalue weighted by Gasteiger charge is 2.40. The third kappa shape index (κ3) is 3.94. The van der Waals surface area contributed by atoms with Crippen molar-refractivity contribution in [3.05, 3.63) is 36.2 Å². The van der Waals surface area contributed by atoms with Crippen LogP contribution in [0.1, 0.15) is 41.7 Å². The number of likely N-dealkylation sites (tertiary alicyclic amines) is 1. The fraction of sp³-hybridized carbons (Fsp3) is 0.500. The van der Waals surface area contributed by atoms with E-state index in [2.05, 4.69) is 15.0 Å². The highest BCUT2D eigenvalue weighted by molar-refractivity contribution is 5.95. The van der Waals surface area contributed by atoms with Crippen LogP contribution in [0, 0.1) is 0 Å². The molecule has 3 heterocycles. The number of carbonyl (C=O) groups is 1. The minimum atomic E-state index is -4.77. The van der Waals surface area contributed by atoms with Gasteiger partial charge in [-0.05, 0) is 25.7 Å². The molecule has 140 valence electrons. The van der Waals surface area contributed by atoms with Crippen LogP contribution in [0.3, 0.4) is 0 Å². The maximum atomic E-state index is 13.3. The SMILES string of the molecule is Nc1ncc(C(=O)N2CCCC[C@@H]2CCn2ccnc2)c(C(F)(F)F)n1. The van der Waals surface area contributed by atoms with Gasteiger partial charge in [-0.3, -0.25) is 4.79 Å². The monoisotopic (exact) mass is 368 g/mol. The standard InChI is InChI=1S/C16H19F3N6O/c17-16(18,19)13-12(9-22-15(20)23-13)14(26)25-6-2-1-3-11(25)4-7-24-8-5-21-10-24/h5,8-11H,1-4,6-7H2,(H2,20,22,23)/t11-/m1/s1. The molecule has 0 bridgehead atoms. The van der Waals surface area contributed by atoms with Gasteiger partial charge in [0, 0.05) is 37.7 Å². The van der Waals surface area contributed by atoms with Crippen molar-refractivity contribution in [3.8, 4) is 0 Å². The molecule has 0 unspecified atom stereocenters. The summed E-state index contributed by atoms with van der Waals surface area (Å²) in [6.07, 6.45) is 4.31. The van der Waals surface area contributed by atoms with Gasteiger partial charge in [-0.15, -0.1) is 0 Å². The largest absolute Gasteiger partial charge is 0.434 e. The lowest BCUT2D eigenvalue weighted by Gasteiger charge is -2.36. The van der Waals surface area contributed by atoms with Crippen molar-refractivity contribution >= 4 is 11.9 Å². The molecule has 0 aromatic carbocycles. The fourth-order valence-electron chi connectivity index (χ4n) is 3.21. The molecule has 1 fully saturated rings. The van der Waals surface area contributed by atoms with Crippen molar-refractivity contribution in [2.45, 2.75) is 44.4 Å². The number of carbonyl (C=O) groups excluding carboxylic acids is 1. The van der Waals surface area contributed by atoms with Crippen LogP contribution in [0.25, 0.3) is 0 Å². The number of rotatable bonds is 4. The highest BCUT2D eigenvalue weighted by atomic mass is 19.4. The number of amides is 1. The van der Waals surface area contributed by atoms with Gasteiger partial charge in [0.1, 0.15) is 0 Å². The molecule has 0 saturated carbocycles. The molecule has 1 aliphatic rings.